The number of carbonyl (C=O) groups excluding carboxylic acids is 1. The molecule has 1 aromatic rings. The SMILES string of the molecule is CC(C)(C)c1ccc(C(=O)C(F)(F)C(F)F)s1. The molecule has 17 heavy (non-hydrogen) atoms. The van der Waals surface area contributed by atoms with Gasteiger partial charge in [-0.15, -0.1) is 11.3 Å². The average molecular weight is 268 g/mol. The summed E-state index contributed by atoms with van der Waals surface area (Å²) in [7, 11) is 0. The summed E-state index contributed by atoms with van der Waals surface area (Å²) in [5, 5.41) is 0. The van der Waals surface area contributed by atoms with E-state index < -0.39 is 18.1 Å². The molecule has 1 aromatic heterocycles. The molecule has 0 bridgehead atoms. The Kier molecular flexibility index (Phi) is 3.66. The molecule has 0 aromatic carbocycles. The van der Waals surface area contributed by atoms with Crippen LogP contribution in [0.5, 0.6) is 0 Å². The van der Waals surface area contributed by atoms with Crippen LogP contribution < -0.4 is 0 Å². The molecule has 0 saturated heterocycles. The van der Waals surface area contributed by atoms with Crippen LogP contribution in [0.15, 0.2) is 12.1 Å². The maximum absolute atomic E-state index is 12.8. The standard InChI is InChI=1S/C11H12F4OS/c1-10(2,3)7-5-4-6(17-7)8(16)11(14,15)9(12)13/h4-5,9H,1-3H3. The predicted molar refractivity (Wildman–Crippen MR) is 58.3 cm³/mol. The molecule has 1 nitrogen and oxygen atoms in total. The number of alkyl halides is 4. The van der Waals surface area contributed by atoms with Crippen molar-refractivity contribution in [2.75, 3.05) is 0 Å². The zero-order valence-corrected chi connectivity index (χ0v) is 10.4. The van der Waals surface area contributed by atoms with Gasteiger partial charge in [0.25, 0.3) is 0 Å². The topological polar surface area (TPSA) is 17.1 Å². The second-order valence-electron chi connectivity index (χ2n) is 4.67. The lowest BCUT2D eigenvalue weighted by molar-refractivity contribution is -0.0956. The Labute approximate surface area is 100 Å². The highest BCUT2D eigenvalue weighted by Gasteiger charge is 2.49. The van der Waals surface area contributed by atoms with Crippen molar-refractivity contribution < 1.29 is 22.4 Å². The van der Waals surface area contributed by atoms with E-state index in [0.29, 0.717) is 4.88 Å². The van der Waals surface area contributed by atoms with Gasteiger partial charge in [-0.1, -0.05) is 20.8 Å². The number of ketones is 1. The number of Topliss-reactive ketones (excluding diaryl/α,β-unsaturated/α-hetero) is 1. The molecule has 0 aliphatic heterocycles. The summed E-state index contributed by atoms with van der Waals surface area (Å²) in [4.78, 5) is 11.6. The highest BCUT2D eigenvalue weighted by molar-refractivity contribution is 7.14. The fraction of sp³-hybridized carbons (Fsp3) is 0.545. The van der Waals surface area contributed by atoms with Crippen molar-refractivity contribution in [3.63, 3.8) is 0 Å². The van der Waals surface area contributed by atoms with Crippen LogP contribution in [0.2, 0.25) is 0 Å². The Morgan fingerprint density at radius 1 is 1.24 bits per heavy atom. The molecule has 96 valence electrons. The first kappa shape index (κ1) is 14.2. The molecule has 0 atom stereocenters. The first-order valence-electron chi connectivity index (χ1n) is 4.88. The smallest absolute Gasteiger partial charge is 0.286 e. The van der Waals surface area contributed by atoms with Gasteiger partial charge in [-0.2, -0.15) is 8.78 Å². The van der Waals surface area contributed by atoms with E-state index >= 15 is 0 Å². The lowest BCUT2D eigenvalue weighted by atomic mass is 9.95. The van der Waals surface area contributed by atoms with Crippen molar-refractivity contribution in [3.8, 4) is 0 Å². The molecule has 0 aliphatic carbocycles. The minimum absolute atomic E-state index is 0.302. The van der Waals surface area contributed by atoms with Crippen molar-refractivity contribution in [1.82, 2.24) is 0 Å². The second kappa shape index (κ2) is 4.40. The third kappa shape index (κ3) is 2.86. The van der Waals surface area contributed by atoms with Crippen LogP contribution in [-0.2, 0) is 5.41 Å². The normalized spacial score (nSPS) is 13.2. The van der Waals surface area contributed by atoms with Gasteiger partial charge in [0.2, 0.25) is 5.78 Å². The Bertz CT molecular complexity index is 417. The van der Waals surface area contributed by atoms with Gasteiger partial charge in [-0.3, -0.25) is 4.79 Å². The summed E-state index contributed by atoms with van der Waals surface area (Å²) in [6, 6.07) is 2.68. The summed E-state index contributed by atoms with van der Waals surface area (Å²) in [6.45, 7) is 5.54. The molecule has 6 heteroatoms. The number of carbonyl (C=O) groups is 1. The summed E-state index contributed by atoms with van der Waals surface area (Å²) < 4.78 is 49.7. The van der Waals surface area contributed by atoms with Gasteiger partial charge in [0.15, 0.2) is 0 Å². The van der Waals surface area contributed by atoms with Crippen molar-refractivity contribution in [2.45, 2.75) is 38.5 Å². The van der Waals surface area contributed by atoms with E-state index in [1.54, 1.807) is 0 Å². The van der Waals surface area contributed by atoms with Crippen molar-refractivity contribution in [2.24, 2.45) is 0 Å². The number of hydrogen-bond donors (Lipinski definition) is 0. The van der Waals surface area contributed by atoms with E-state index in [2.05, 4.69) is 0 Å². The fourth-order valence-corrected chi connectivity index (χ4v) is 2.17. The molecule has 0 N–H and O–H groups in total. The quantitative estimate of drug-likeness (QED) is 0.595. The molecule has 0 aliphatic rings. The van der Waals surface area contributed by atoms with E-state index in [0.717, 1.165) is 11.3 Å². The molecular weight excluding hydrogens is 256 g/mol. The monoisotopic (exact) mass is 268 g/mol. The Morgan fingerprint density at radius 3 is 2.12 bits per heavy atom. The largest absolute Gasteiger partial charge is 0.369 e. The van der Waals surface area contributed by atoms with Gasteiger partial charge in [0.05, 0.1) is 4.88 Å². The number of thiophene rings is 1. The highest BCUT2D eigenvalue weighted by Crippen LogP contribution is 2.34. The third-order valence-electron chi connectivity index (χ3n) is 2.15. The summed E-state index contributed by atoms with van der Waals surface area (Å²) in [5.41, 5.74) is -0.302. The van der Waals surface area contributed by atoms with Crippen molar-refractivity contribution >= 4 is 17.1 Å². The lowest BCUT2D eigenvalue weighted by Gasteiger charge is -2.15. The lowest BCUT2D eigenvalue weighted by Crippen LogP contribution is -2.36. The van der Waals surface area contributed by atoms with E-state index in [-0.39, 0.29) is 10.3 Å². The van der Waals surface area contributed by atoms with Gasteiger partial charge in [0, 0.05) is 4.88 Å². The van der Waals surface area contributed by atoms with Gasteiger partial charge < -0.3 is 0 Å². The summed E-state index contributed by atoms with van der Waals surface area (Å²) >= 11 is 0.829. The van der Waals surface area contributed by atoms with Crippen LogP contribution in [0.25, 0.3) is 0 Å². The van der Waals surface area contributed by atoms with Crippen LogP contribution in [-0.4, -0.2) is 18.1 Å². The zero-order valence-electron chi connectivity index (χ0n) is 9.56. The summed E-state index contributed by atoms with van der Waals surface area (Å²) in [6.07, 6.45) is -3.98. The van der Waals surface area contributed by atoms with Crippen LogP contribution in [0, 0.1) is 0 Å². The molecule has 0 fully saturated rings. The number of rotatable bonds is 3. The van der Waals surface area contributed by atoms with Crippen LogP contribution in [0.3, 0.4) is 0 Å². The molecule has 1 heterocycles. The number of halogens is 4. The van der Waals surface area contributed by atoms with Gasteiger partial charge in [-0.25, -0.2) is 8.78 Å². The minimum atomic E-state index is -4.61. The molecule has 0 saturated carbocycles. The minimum Gasteiger partial charge on any atom is -0.286 e. The first-order valence-corrected chi connectivity index (χ1v) is 5.69. The van der Waals surface area contributed by atoms with Crippen molar-refractivity contribution in [1.29, 1.82) is 0 Å². The fourth-order valence-electron chi connectivity index (χ4n) is 1.13. The van der Waals surface area contributed by atoms with Crippen molar-refractivity contribution in [3.05, 3.63) is 21.9 Å². The van der Waals surface area contributed by atoms with Gasteiger partial charge >= 0.3 is 12.3 Å². The molecular formula is C11H12F4OS. The molecule has 0 unspecified atom stereocenters. The second-order valence-corrected chi connectivity index (χ2v) is 5.75. The van der Waals surface area contributed by atoms with Crippen LogP contribution in [0.4, 0.5) is 17.6 Å². The Balaban J connectivity index is 3.03. The predicted octanol–water partition coefficient (Wildman–Crippen LogP) is 4.13. The van der Waals surface area contributed by atoms with E-state index in [9.17, 15) is 22.4 Å². The van der Waals surface area contributed by atoms with E-state index in [4.69, 9.17) is 0 Å². The van der Waals surface area contributed by atoms with E-state index in [1.165, 1.54) is 12.1 Å². The third-order valence-corrected chi connectivity index (χ3v) is 3.66. The zero-order chi connectivity index (χ0) is 13.4. The maximum Gasteiger partial charge on any atom is 0.369 e. The maximum atomic E-state index is 12.8. The Hall–Kier alpha value is -0.910. The molecule has 0 amide bonds. The molecule has 0 radical (unpaired) electrons. The van der Waals surface area contributed by atoms with Crippen LogP contribution in [0.1, 0.15) is 35.3 Å². The molecule has 1 rings (SSSR count). The van der Waals surface area contributed by atoms with Gasteiger partial charge in [0.1, 0.15) is 0 Å². The van der Waals surface area contributed by atoms with E-state index in [1.807, 2.05) is 20.8 Å². The first-order chi connectivity index (χ1) is 7.56. The Morgan fingerprint density at radius 2 is 1.76 bits per heavy atom. The van der Waals surface area contributed by atoms with Gasteiger partial charge in [-0.05, 0) is 17.5 Å². The number of hydrogen-bond acceptors (Lipinski definition) is 2. The highest BCUT2D eigenvalue weighted by atomic mass is 32.1. The average Bonchev–Trinajstić information content (AvgIpc) is 2.63. The molecule has 0 spiro atoms. The van der Waals surface area contributed by atoms with Crippen LogP contribution >= 0.6 is 11.3 Å². The summed E-state index contributed by atoms with van der Waals surface area (Å²) in [5.74, 6) is -6.42.